The zero-order valence-corrected chi connectivity index (χ0v) is 12.2. The van der Waals surface area contributed by atoms with Gasteiger partial charge >= 0.3 is 0 Å². The van der Waals surface area contributed by atoms with Gasteiger partial charge in [-0.1, -0.05) is 12.1 Å². The van der Waals surface area contributed by atoms with Gasteiger partial charge in [0.1, 0.15) is 0 Å². The summed E-state index contributed by atoms with van der Waals surface area (Å²) in [6.45, 7) is 3.93. The van der Waals surface area contributed by atoms with Gasteiger partial charge in [-0.3, -0.25) is 0 Å². The summed E-state index contributed by atoms with van der Waals surface area (Å²) in [4.78, 5) is 0.280. The van der Waals surface area contributed by atoms with E-state index in [-0.39, 0.29) is 17.0 Å². The molecular formula is C14H21NO3S. The molecule has 0 atom stereocenters. The number of aliphatic hydroxyl groups excluding tert-OH is 1. The molecular weight excluding hydrogens is 262 g/mol. The van der Waals surface area contributed by atoms with Crippen molar-refractivity contribution in [2.75, 3.05) is 6.61 Å². The number of sulfonamides is 1. The van der Waals surface area contributed by atoms with Crippen LogP contribution in [0.4, 0.5) is 0 Å². The minimum Gasteiger partial charge on any atom is -0.396 e. The second-order valence-electron chi connectivity index (χ2n) is 5.72. The standard InChI is InChI=1S/C14H21NO3S/c1-14(2,12-5-6-12)15-19(17,18)13-7-3-11(4-8-13)9-10-16/h3-4,7-8,12,15-16H,5-6,9-10H2,1-2H3. The Morgan fingerprint density at radius 1 is 1.26 bits per heavy atom. The number of aliphatic hydroxyl groups is 1. The van der Waals surface area contributed by atoms with E-state index in [1.54, 1.807) is 24.3 Å². The summed E-state index contributed by atoms with van der Waals surface area (Å²) in [5, 5.41) is 8.84. The third kappa shape index (κ3) is 3.55. The molecule has 2 N–H and O–H groups in total. The Kier molecular flexibility index (Phi) is 3.99. The van der Waals surface area contributed by atoms with Crippen molar-refractivity contribution in [3.05, 3.63) is 29.8 Å². The normalized spacial score (nSPS) is 16.6. The van der Waals surface area contributed by atoms with Crippen molar-refractivity contribution in [2.45, 2.75) is 43.5 Å². The van der Waals surface area contributed by atoms with Crippen molar-refractivity contribution in [3.8, 4) is 0 Å². The Bertz CT molecular complexity index is 530. The third-order valence-corrected chi connectivity index (χ3v) is 5.32. The van der Waals surface area contributed by atoms with Gasteiger partial charge in [-0.2, -0.15) is 0 Å². The second-order valence-corrected chi connectivity index (χ2v) is 7.40. The van der Waals surface area contributed by atoms with Crippen LogP contribution < -0.4 is 4.72 Å². The van der Waals surface area contributed by atoms with Crippen molar-refractivity contribution in [1.29, 1.82) is 0 Å². The topological polar surface area (TPSA) is 66.4 Å². The summed E-state index contributed by atoms with van der Waals surface area (Å²) >= 11 is 0. The number of hydrogen-bond donors (Lipinski definition) is 2. The van der Waals surface area contributed by atoms with Crippen LogP contribution in [0.3, 0.4) is 0 Å². The van der Waals surface area contributed by atoms with Gasteiger partial charge in [0.2, 0.25) is 10.0 Å². The number of nitrogens with one attached hydrogen (secondary N) is 1. The summed E-state index contributed by atoms with van der Waals surface area (Å²) in [6, 6.07) is 6.68. The molecule has 1 aromatic carbocycles. The van der Waals surface area contributed by atoms with E-state index >= 15 is 0 Å². The fourth-order valence-electron chi connectivity index (χ4n) is 2.26. The van der Waals surface area contributed by atoms with E-state index in [1.807, 2.05) is 13.8 Å². The molecule has 0 spiro atoms. The average molecular weight is 283 g/mol. The summed E-state index contributed by atoms with van der Waals surface area (Å²) < 4.78 is 27.4. The second kappa shape index (κ2) is 5.23. The lowest BCUT2D eigenvalue weighted by Gasteiger charge is -2.25. The summed E-state index contributed by atoms with van der Waals surface area (Å²) in [6.07, 6.45) is 2.72. The molecule has 1 fully saturated rings. The van der Waals surface area contributed by atoms with Gasteiger partial charge in [-0.05, 0) is 56.7 Å². The van der Waals surface area contributed by atoms with Gasteiger partial charge in [0.25, 0.3) is 0 Å². The van der Waals surface area contributed by atoms with Crippen LogP contribution in [0.2, 0.25) is 0 Å². The average Bonchev–Trinajstić information content (AvgIpc) is 3.12. The minimum atomic E-state index is -3.47. The molecule has 1 aliphatic rings. The van der Waals surface area contributed by atoms with Crippen LogP contribution in [0.5, 0.6) is 0 Å². The molecule has 0 aliphatic heterocycles. The third-order valence-electron chi connectivity index (χ3n) is 3.63. The predicted octanol–water partition coefficient (Wildman–Crippen LogP) is 1.69. The lowest BCUT2D eigenvalue weighted by Crippen LogP contribution is -2.45. The number of benzene rings is 1. The lowest BCUT2D eigenvalue weighted by molar-refractivity contribution is 0.299. The van der Waals surface area contributed by atoms with Crippen LogP contribution in [-0.4, -0.2) is 25.7 Å². The molecule has 0 unspecified atom stereocenters. The maximum atomic E-state index is 12.3. The fraction of sp³-hybridized carbons (Fsp3) is 0.571. The van der Waals surface area contributed by atoms with Gasteiger partial charge in [0.15, 0.2) is 0 Å². The molecule has 0 bridgehead atoms. The van der Waals surface area contributed by atoms with Crippen molar-refractivity contribution in [1.82, 2.24) is 4.72 Å². The van der Waals surface area contributed by atoms with Gasteiger partial charge in [-0.15, -0.1) is 0 Å². The molecule has 4 nitrogen and oxygen atoms in total. The number of rotatable bonds is 6. The first kappa shape index (κ1) is 14.5. The minimum absolute atomic E-state index is 0.0685. The Hall–Kier alpha value is -0.910. The Morgan fingerprint density at radius 3 is 2.32 bits per heavy atom. The molecule has 2 rings (SSSR count). The summed E-state index contributed by atoms with van der Waals surface area (Å²) in [7, 11) is -3.47. The zero-order valence-electron chi connectivity index (χ0n) is 11.4. The smallest absolute Gasteiger partial charge is 0.241 e. The summed E-state index contributed by atoms with van der Waals surface area (Å²) in [5.74, 6) is 0.441. The molecule has 1 saturated carbocycles. The van der Waals surface area contributed by atoms with E-state index in [2.05, 4.69) is 4.72 Å². The molecule has 19 heavy (non-hydrogen) atoms. The molecule has 1 aromatic rings. The first-order valence-corrected chi connectivity index (χ1v) is 8.07. The molecule has 5 heteroatoms. The van der Waals surface area contributed by atoms with Gasteiger partial charge in [-0.25, -0.2) is 13.1 Å². The molecule has 0 heterocycles. The fourth-order valence-corrected chi connectivity index (χ4v) is 3.73. The summed E-state index contributed by atoms with van der Waals surface area (Å²) in [5.41, 5.74) is 0.547. The quantitative estimate of drug-likeness (QED) is 0.835. The van der Waals surface area contributed by atoms with E-state index in [0.717, 1.165) is 18.4 Å². The van der Waals surface area contributed by atoms with Gasteiger partial charge in [0, 0.05) is 12.1 Å². The van der Waals surface area contributed by atoms with E-state index in [1.165, 1.54) is 0 Å². The van der Waals surface area contributed by atoms with Crippen molar-refractivity contribution in [2.24, 2.45) is 5.92 Å². The van der Waals surface area contributed by atoms with Crippen LogP contribution in [-0.2, 0) is 16.4 Å². The monoisotopic (exact) mass is 283 g/mol. The van der Waals surface area contributed by atoms with E-state index in [4.69, 9.17) is 5.11 Å². The first-order valence-electron chi connectivity index (χ1n) is 6.59. The van der Waals surface area contributed by atoms with Crippen molar-refractivity contribution in [3.63, 3.8) is 0 Å². The predicted molar refractivity (Wildman–Crippen MR) is 74.4 cm³/mol. The van der Waals surface area contributed by atoms with Gasteiger partial charge in [0.05, 0.1) is 4.90 Å². The lowest BCUT2D eigenvalue weighted by atomic mass is 10.0. The molecule has 0 amide bonds. The van der Waals surface area contributed by atoms with Gasteiger partial charge < -0.3 is 5.11 Å². The molecule has 1 aliphatic carbocycles. The van der Waals surface area contributed by atoms with Crippen molar-refractivity contribution >= 4 is 10.0 Å². The van der Waals surface area contributed by atoms with E-state index in [9.17, 15) is 8.42 Å². The molecule has 0 aromatic heterocycles. The van der Waals surface area contributed by atoms with E-state index in [0.29, 0.717) is 12.3 Å². The highest BCUT2D eigenvalue weighted by molar-refractivity contribution is 7.89. The zero-order chi connectivity index (χ0) is 14.1. The maximum absolute atomic E-state index is 12.3. The highest BCUT2D eigenvalue weighted by Gasteiger charge is 2.40. The molecule has 106 valence electrons. The van der Waals surface area contributed by atoms with Crippen LogP contribution >= 0.6 is 0 Å². The Labute approximate surface area is 114 Å². The van der Waals surface area contributed by atoms with E-state index < -0.39 is 10.0 Å². The Morgan fingerprint density at radius 2 is 1.84 bits per heavy atom. The van der Waals surface area contributed by atoms with Crippen LogP contribution in [0.15, 0.2) is 29.2 Å². The largest absolute Gasteiger partial charge is 0.396 e. The van der Waals surface area contributed by atoms with Crippen molar-refractivity contribution < 1.29 is 13.5 Å². The highest BCUT2D eigenvalue weighted by atomic mass is 32.2. The molecule has 0 saturated heterocycles. The van der Waals surface area contributed by atoms with Crippen LogP contribution in [0.1, 0.15) is 32.3 Å². The first-order chi connectivity index (χ1) is 8.85. The number of hydrogen-bond acceptors (Lipinski definition) is 3. The SMILES string of the molecule is CC(C)(NS(=O)(=O)c1ccc(CCO)cc1)C1CC1. The maximum Gasteiger partial charge on any atom is 0.241 e. The van der Waals surface area contributed by atoms with Crippen LogP contribution in [0.25, 0.3) is 0 Å². The highest BCUT2D eigenvalue weighted by Crippen LogP contribution is 2.39. The molecule has 0 radical (unpaired) electrons. The van der Waals surface area contributed by atoms with Crippen LogP contribution in [0, 0.1) is 5.92 Å². The Balaban J connectivity index is 2.14.